The maximum atomic E-state index is 8.82. The first-order valence-electron chi connectivity index (χ1n) is 8.35. The summed E-state index contributed by atoms with van der Waals surface area (Å²) in [4.78, 5) is 6.65. The van der Waals surface area contributed by atoms with Gasteiger partial charge in [-0.3, -0.25) is 4.90 Å². The van der Waals surface area contributed by atoms with Crippen molar-refractivity contribution >= 4 is 0 Å². The molecule has 0 saturated heterocycles. The molecule has 3 aromatic rings. The van der Waals surface area contributed by atoms with Crippen molar-refractivity contribution in [1.82, 2.24) is 15.0 Å². The van der Waals surface area contributed by atoms with Crippen molar-refractivity contribution in [2.75, 3.05) is 13.1 Å². The van der Waals surface area contributed by atoms with Gasteiger partial charge in [0.1, 0.15) is 5.76 Å². The fourth-order valence-electron chi connectivity index (χ4n) is 2.62. The molecule has 0 bridgehead atoms. The zero-order chi connectivity index (χ0) is 17.3. The van der Waals surface area contributed by atoms with Crippen LogP contribution in [0.2, 0.25) is 0 Å². The third kappa shape index (κ3) is 5.03. The van der Waals surface area contributed by atoms with Crippen LogP contribution in [0.15, 0.2) is 57.7 Å². The second-order valence-electron chi connectivity index (χ2n) is 5.74. The minimum atomic E-state index is 0.499. The Morgan fingerprint density at radius 1 is 1.08 bits per heavy atom. The summed E-state index contributed by atoms with van der Waals surface area (Å²) < 4.78 is 10.7. The number of nitrogens with zero attached hydrogens (tertiary/aromatic N) is 4. The Morgan fingerprint density at radius 3 is 2.72 bits per heavy atom. The van der Waals surface area contributed by atoms with E-state index in [4.69, 9.17) is 14.2 Å². The van der Waals surface area contributed by atoms with E-state index in [9.17, 15) is 0 Å². The lowest BCUT2D eigenvalue weighted by molar-refractivity contribution is 0.242. The lowest BCUT2D eigenvalue weighted by Crippen LogP contribution is -2.25. The molecule has 0 unspecified atom stereocenters. The summed E-state index contributed by atoms with van der Waals surface area (Å²) >= 11 is 0. The fraction of sp³-hybridized carbons (Fsp3) is 0.316. The van der Waals surface area contributed by atoms with E-state index in [1.807, 2.05) is 42.5 Å². The van der Waals surface area contributed by atoms with Crippen LogP contribution >= 0.6 is 0 Å². The molecule has 0 spiro atoms. The predicted octanol–water partition coefficient (Wildman–Crippen LogP) is 3.68. The molecule has 25 heavy (non-hydrogen) atoms. The zero-order valence-corrected chi connectivity index (χ0v) is 14.0. The van der Waals surface area contributed by atoms with Crippen molar-refractivity contribution in [3.05, 3.63) is 60.4 Å². The highest BCUT2D eigenvalue weighted by molar-refractivity contribution is 5.53. The Morgan fingerprint density at radius 2 is 1.96 bits per heavy atom. The molecule has 0 aliphatic carbocycles. The highest BCUT2D eigenvalue weighted by Gasteiger charge is 2.11. The molecule has 0 aliphatic heterocycles. The quantitative estimate of drug-likeness (QED) is 0.593. The van der Waals surface area contributed by atoms with E-state index in [1.54, 1.807) is 6.26 Å². The number of rotatable bonds is 9. The number of benzene rings is 1. The highest BCUT2D eigenvalue weighted by atomic mass is 16.5. The molecule has 0 fully saturated rings. The largest absolute Gasteiger partial charge is 0.468 e. The van der Waals surface area contributed by atoms with Crippen LogP contribution in [0.1, 0.15) is 24.5 Å². The van der Waals surface area contributed by atoms with E-state index in [0.29, 0.717) is 31.1 Å². The average molecular weight is 336 g/mol. The van der Waals surface area contributed by atoms with Crippen molar-refractivity contribution in [3.63, 3.8) is 0 Å². The van der Waals surface area contributed by atoms with Crippen LogP contribution in [-0.2, 0) is 13.0 Å². The molecule has 0 aliphatic rings. The van der Waals surface area contributed by atoms with Gasteiger partial charge in [-0.05, 0) is 25.1 Å². The van der Waals surface area contributed by atoms with Gasteiger partial charge in [0.2, 0.25) is 11.7 Å². The smallest absolute Gasteiger partial charge is 0.227 e. The molecule has 3 rings (SSSR count). The molecule has 2 heterocycles. The van der Waals surface area contributed by atoms with Crippen LogP contribution in [0.3, 0.4) is 0 Å². The molecule has 2 aromatic heterocycles. The number of hydrogen-bond donors (Lipinski definition) is 0. The maximum absolute atomic E-state index is 8.82. The molecule has 6 nitrogen and oxygen atoms in total. The van der Waals surface area contributed by atoms with Gasteiger partial charge in [-0.15, -0.1) is 0 Å². The Bertz CT molecular complexity index is 790. The Kier molecular flexibility index (Phi) is 5.96. The number of hydrogen-bond acceptors (Lipinski definition) is 6. The van der Waals surface area contributed by atoms with Gasteiger partial charge in [-0.2, -0.15) is 10.2 Å². The summed E-state index contributed by atoms with van der Waals surface area (Å²) in [5.41, 5.74) is 0.950. The SMILES string of the molecule is N#CCCN(CCCc1nc(-c2ccccc2)no1)Cc1ccco1. The molecule has 0 radical (unpaired) electrons. The summed E-state index contributed by atoms with van der Waals surface area (Å²) in [6.07, 6.45) is 3.75. The number of aromatic nitrogens is 2. The minimum Gasteiger partial charge on any atom is -0.468 e. The molecule has 6 heteroatoms. The first kappa shape index (κ1) is 16.9. The van der Waals surface area contributed by atoms with Crippen molar-refractivity contribution < 1.29 is 8.94 Å². The highest BCUT2D eigenvalue weighted by Crippen LogP contribution is 2.15. The molecule has 0 saturated carbocycles. The standard InChI is InChI=1S/C19H20N4O2/c20-11-6-13-23(15-17-9-5-14-24-17)12-4-10-18-21-19(22-25-18)16-7-2-1-3-8-16/h1-3,5,7-9,14H,4,6,10,12-13,15H2. The van der Waals surface area contributed by atoms with E-state index in [1.165, 1.54) is 0 Å². The van der Waals surface area contributed by atoms with Crippen LogP contribution in [-0.4, -0.2) is 28.1 Å². The van der Waals surface area contributed by atoms with Gasteiger partial charge in [-0.1, -0.05) is 35.5 Å². The van der Waals surface area contributed by atoms with Crippen LogP contribution < -0.4 is 0 Å². The molecular weight excluding hydrogens is 316 g/mol. The second kappa shape index (κ2) is 8.81. The van der Waals surface area contributed by atoms with Gasteiger partial charge in [-0.25, -0.2) is 0 Å². The van der Waals surface area contributed by atoms with Crippen LogP contribution in [0, 0.1) is 11.3 Å². The summed E-state index contributed by atoms with van der Waals surface area (Å²) in [6, 6.07) is 15.8. The van der Waals surface area contributed by atoms with Gasteiger partial charge >= 0.3 is 0 Å². The first-order valence-corrected chi connectivity index (χ1v) is 8.35. The van der Waals surface area contributed by atoms with Crippen molar-refractivity contribution in [3.8, 4) is 17.5 Å². The summed E-state index contributed by atoms with van der Waals surface area (Å²) in [7, 11) is 0. The first-order chi connectivity index (χ1) is 12.3. The third-order valence-corrected chi connectivity index (χ3v) is 3.86. The maximum Gasteiger partial charge on any atom is 0.227 e. The van der Waals surface area contributed by atoms with Crippen LogP contribution in [0.5, 0.6) is 0 Å². The molecule has 0 atom stereocenters. The van der Waals surface area contributed by atoms with E-state index in [-0.39, 0.29) is 0 Å². The summed E-state index contributed by atoms with van der Waals surface area (Å²) in [5.74, 6) is 2.16. The second-order valence-corrected chi connectivity index (χ2v) is 5.74. The van der Waals surface area contributed by atoms with Crippen molar-refractivity contribution in [2.24, 2.45) is 0 Å². The predicted molar refractivity (Wildman–Crippen MR) is 92.3 cm³/mol. The molecular formula is C19H20N4O2. The van der Waals surface area contributed by atoms with Crippen molar-refractivity contribution in [1.29, 1.82) is 5.26 Å². The average Bonchev–Trinajstić information content (AvgIpc) is 3.32. The third-order valence-electron chi connectivity index (χ3n) is 3.86. The minimum absolute atomic E-state index is 0.499. The molecule has 0 amide bonds. The van der Waals surface area contributed by atoms with E-state index in [0.717, 1.165) is 30.8 Å². The summed E-state index contributed by atoms with van der Waals surface area (Å²) in [5, 5.41) is 12.9. The number of aryl methyl sites for hydroxylation is 1. The van der Waals surface area contributed by atoms with Crippen molar-refractivity contribution in [2.45, 2.75) is 25.8 Å². The van der Waals surface area contributed by atoms with Gasteiger partial charge in [0.05, 0.1) is 18.9 Å². The summed E-state index contributed by atoms with van der Waals surface area (Å²) in [6.45, 7) is 2.26. The topological polar surface area (TPSA) is 79.1 Å². The van der Waals surface area contributed by atoms with Gasteiger partial charge in [0.25, 0.3) is 0 Å². The van der Waals surface area contributed by atoms with E-state index >= 15 is 0 Å². The fourth-order valence-corrected chi connectivity index (χ4v) is 2.62. The number of nitriles is 1. The molecule has 128 valence electrons. The Hall–Kier alpha value is -2.91. The van der Waals surface area contributed by atoms with Gasteiger partial charge < -0.3 is 8.94 Å². The molecule has 0 N–H and O–H groups in total. The zero-order valence-electron chi connectivity index (χ0n) is 14.0. The van der Waals surface area contributed by atoms with Gasteiger partial charge in [0, 0.05) is 24.9 Å². The Balaban J connectivity index is 1.51. The lowest BCUT2D eigenvalue weighted by atomic mass is 10.2. The Labute approximate surface area is 146 Å². The lowest BCUT2D eigenvalue weighted by Gasteiger charge is -2.19. The van der Waals surface area contributed by atoms with Crippen LogP contribution in [0.4, 0.5) is 0 Å². The molecule has 1 aromatic carbocycles. The number of furan rings is 1. The normalized spacial score (nSPS) is 10.9. The van der Waals surface area contributed by atoms with E-state index in [2.05, 4.69) is 21.1 Å². The van der Waals surface area contributed by atoms with E-state index < -0.39 is 0 Å². The van der Waals surface area contributed by atoms with Crippen LogP contribution in [0.25, 0.3) is 11.4 Å². The monoisotopic (exact) mass is 336 g/mol. The van der Waals surface area contributed by atoms with Gasteiger partial charge in [0.15, 0.2) is 0 Å².